The lowest BCUT2D eigenvalue weighted by Crippen LogP contribution is -2.00. The molecule has 0 aliphatic heterocycles. The molecule has 3 aromatic heterocycles. The molecule has 0 bridgehead atoms. The Labute approximate surface area is 101 Å². The summed E-state index contributed by atoms with van der Waals surface area (Å²) in [6.45, 7) is 2.64. The largest absolute Gasteiger partial charge is 0.382 e. The molecule has 3 aromatic rings. The lowest BCUT2D eigenvalue weighted by atomic mass is 10.5. The zero-order valence-electron chi connectivity index (χ0n) is 9.16. The van der Waals surface area contributed by atoms with E-state index in [2.05, 4.69) is 19.9 Å². The van der Waals surface area contributed by atoms with Crippen LogP contribution in [0.3, 0.4) is 0 Å². The normalized spacial score (nSPS) is 11.1. The molecule has 0 aromatic carbocycles. The Hall–Kier alpha value is -2.02. The van der Waals surface area contributed by atoms with Crippen LogP contribution in [0.1, 0.15) is 10.7 Å². The molecule has 0 aliphatic rings. The Morgan fingerprint density at radius 2 is 2.24 bits per heavy atom. The number of hydrogen-bond acceptors (Lipinski definition) is 6. The van der Waals surface area contributed by atoms with Crippen molar-refractivity contribution >= 4 is 28.3 Å². The summed E-state index contributed by atoms with van der Waals surface area (Å²) < 4.78 is 1.92. The molecular weight excluding hydrogens is 236 g/mol. The number of aryl methyl sites for hydroxylation is 1. The Kier molecular flexibility index (Phi) is 2.25. The van der Waals surface area contributed by atoms with E-state index in [9.17, 15) is 0 Å². The highest BCUT2D eigenvalue weighted by molar-refractivity contribution is 7.09. The van der Waals surface area contributed by atoms with E-state index in [0.29, 0.717) is 17.9 Å². The molecule has 0 aliphatic carbocycles. The van der Waals surface area contributed by atoms with Gasteiger partial charge in [0.05, 0.1) is 12.9 Å². The van der Waals surface area contributed by atoms with Gasteiger partial charge in [-0.05, 0) is 6.92 Å². The van der Waals surface area contributed by atoms with Crippen LogP contribution in [0, 0.1) is 6.92 Å². The lowest BCUT2D eigenvalue weighted by Gasteiger charge is -2.00. The van der Waals surface area contributed by atoms with E-state index in [0.717, 1.165) is 16.3 Å². The number of nitrogens with zero attached hydrogens (tertiary/aromatic N) is 5. The summed E-state index contributed by atoms with van der Waals surface area (Å²) in [6, 6.07) is 0. The van der Waals surface area contributed by atoms with Gasteiger partial charge in [0.25, 0.3) is 0 Å². The van der Waals surface area contributed by atoms with Gasteiger partial charge in [-0.2, -0.15) is 0 Å². The number of anilines is 1. The maximum absolute atomic E-state index is 5.73. The van der Waals surface area contributed by atoms with E-state index in [1.807, 2.05) is 16.9 Å². The summed E-state index contributed by atoms with van der Waals surface area (Å²) in [5, 5.41) is 3.05. The maximum Gasteiger partial charge on any atom is 0.165 e. The first kappa shape index (κ1) is 10.2. The number of rotatable bonds is 2. The number of nitrogens with two attached hydrogens (primary N) is 1. The predicted octanol–water partition coefficient (Wildman–Crippen LogP) is 1.22. The quantitative estimate of drug-likeness (QED) is 0.735. The van der Waals surface area contributed by atoms with E-state index in [-0.39, 0.29) is 0 Å². The molecule has 0 saturated carbocycles. The second kappa shape index (κ2) is 3.77. The molecule has 0 fully saturated rings. The van der Waals surface area contributed by atoms with Gasteiger partial charge in [0.15, 0.2) is 11.5 Å². The van der Waals surface area contributed by atoms with E-state index in [4.69, 9.17) is 5.73 Å². The van der Waals surface area contributed by atoms with Crippen LogP contribution in [0.25, 0.3) is 11.2 Å². The molecule has 0 saturated heterocycles. The molecule has 3 heterocycles. The maximum atomic E-state index is 5.73. The zero-order chi connectivity index (χ0) is 11.8. The van der Waals surface area contributed by atoms with Crippen LogP contribution in [0.15, 0.2) is 18.0 Å². The van der Waals surface area contributed by atoms with Crippen LogP contribution in [-0.4, -0.2) is 24.5 Å². The Morgan fingerprint density at radius 1 is 1.35 bits per heavy atom. The van der Waals surface area contributed by atoms with Crippen LogP contribution >= 0.6 is 11.3 Å². The highest BCUT2D eigenvalue weighted by atomic mass is 32.1. The number of fused-ring (bicyclic) bond motifs is 1. The van der Waals surface area contributed by atoms with Gasteiger partial charge in [-0.15, -0.1) is 11.3 Å². The van der Waals surface area contributed by atoms with Crippen molar-refractivity contribution in [3.63, 3.8) is 0 Å². The number of nitrogen functional groups attached to an aromatic ring is 1. The van der Waals surface area contributed by atoms with Gasteiger partial charge >= 0.3 is 0 Å². The number of imidazole rings is 1. The van der Waals surface area contributed by atoms with Gasteiger partial charge in [-0.3, -0.25) is 0 Å². The highest BCUT2D eigenvalue weighted by Crippen LogP contribution is 2.17. The molecular formula is C10H10N6S. The summed E-state index contributed by atoms with van der Waals surface area (Å²) in [7, 11) is 0. The molecule has 7 heteroatoms. The second-order valence-corrected chi connectivity index (χ2v) is 4.63. The fourth-order valence-electron chi connectivity index (χ4n) is 1.64. The van der Waals surface area contributed by atoms with Crippen molar-refractivity contribution in [2.45, 2.75) is 13.5 Å². The SMILES string of the molecule is Cc1csc(Cn2cnc3c(N)ncnc32)n1. The monoisotopic (exact) mass is 246 g/mol. The van der Waals surface area contributed by atoms with Gasteiger partial charge in [0, 0.05) is 11.1 Å². The van der Waals surface area contributed by atoms with Crippen molar-refractivity contribution in [2.24, 2.45) is 0 Å². The molecule has 17 heavy (non-hydrogen) atoms. The first-order chi connectivity index (χ1) is 8.24. The summed E-state index contributed by atoms with van der Waals surface area (Å²) in [5.41, 5.74) is 8.14. The number of thiazole rings is 1. The van der Waals surface area contributed by atoms with Crippen LogP contribution in [0.4, 0.5) is 5.82 Å². The van der Waals surface area contributed by atoms with Crippen LogP contribution in [-0.2, 0) is 6.54 Å². The number of aromatic nitrogens is 5. The third-order valence-electron chi connectivity index (χ3n) is 2.40. The van der Waals surface area contributed by atoms with Crippen molar-refractivity contribution in [1.29, 1.82) is 0 Å². The molecule has 0 unspecified atom stereocenters. The first-order valence-electron chi connectivity index (χ1n) is 5.06. The smallest absolute Gasteiger partial charge is 0.165 e. The standard InChI is InChI=1S/C10H10N6S/c1-6-3-17-7(15-6)2-16-5-14-8-9(11)12-4-13-10(8)16/h3-5H,2H2,1H3,(H2,11,12,13). The Balaban J connectivity index is 2.04. The molecule has 0 atom stereocenters. The lowest BCUT2D eigenvalue weighted by molar-refractivity contribution is 0.803. The Bertz CT molecular complexity index is 670. The highest BCUT2D eigenvalue weighted by Gasteiger charge is 2.09. The molecule has 86 valence electrons. The molecule has 0 radical (unpaired) electrons. The van der Waals surface area contributed by atoms with Crippen molar-refractivity contribution in [3.8, 4) is 0 Å². The molecule has 0 amide bonds. The number of hydrogen-bond donors (Lipinski definition) is 1. The molecule has 2 N–H and O–H groups in total. The van der Waals surface area contributed by atoms with E-state index < -0.39 is 0 Å². The summed E-state index contributed by atoms with van der Waals surface area (Å²) in [6.07, 6.45) is 3.16. The average molecular weight is 246 g/mol. The minimum Gasteiger partial charge on any atom is -0.382 e. The zero-order valence-corrected chi connectivity index (χ0v) is 9.98. The van der Waals surface area contributed by atoms with Crippen LogP contribution < -0.4 is 5.73 Å². The third-order valence-corrected chi connectivity index (χ3v) is 3.35. The summed E-state index contributed by atoms with van der Waals surface area (Å²) >= 11 is 1.63. The molecule has 3 rings (SSSR count). The average Bonchev–Trinajstić information content (AvgIpc) is 2.88. The molecule has 6 nitrogen and oxygen atoms in total. The summed E-state index contributed by atoms with van der Waals surface area (Å²) in [5.74, 6) is 0.407. The minimum atomic E-state index is 0.407. The van der Waals surface area contributed by atoms with Crippen molar-refractivity contribution in [2.75, 3.05) is 5.73 Å². The first-order valence-corrected chi connectivity index (χ1v) is 5.94. The summed E-state index contributed by atoms with van der Waals surface area (Å²) in [4.78, 5) is 16.7. The van der Waals surface area contributed by atoms with Gasteiger partial charge in [0.1, 0.15) is 16.9 Å². The van der Waals surface area contributed by atoms with Gasteiger partial charge < -0.3 is 10.3 Å². The van der Waals surface area contributed by atoms with Crippen molar-refractivity contribution in [1.82, 2.24) is 24.5 Å². The second-order valence-electron chi connectivity index (χ2n) is 3.69. The van der Waals surface area contributed by atoms with Gasteiger partial charge in [0.2, 0.25) is 0 Å². The predicted molar refractivity (Wildman–Crippen MR) is 65.7 cm³/mol. The fourth-order valence-corrected chi connectivity index (χ4v) is 2.41. The molecule has 0 spiro atoms. The van der Waals surface area contributed by atoms with E-state index in [1.54, 1.807) is 17.7 Å². The minimum absolute atomic E-state index is 0.407. The fraction of sp³-hybridized carbons (Fsp3) is 0.200. The van der Waals surface area contributed by atoms with E-state index in [1.165, 1.54) is 6.33 Å². The van der Waals surface area contributed by atoms with E-state index >= 15 is 0 Å². The van der Waals surface area contributed by atoms with Gasteiger partial charge in [-0.25, -0.2) is 19.9 Å². The van der Waals surface area contributed by atoms with Crippen molar-refractivity contribution < 1.29 is 0 Å². The Morgan fingerprint density at radius 3 is 3.00 bits per heavy atom. The van der Waals surface area contributed by atoms with Crippen LogP contribution in [0.2, 0.25) is 0 Å². The topological polar surface area (TPSA) is 82.5 Å². The third kappa shape index (κ3) is 1.74. The van der Waals surface area contributed by atoms with Gasteiger partial charge in [-0.1, -0.05) is 0 Å². The van der Waals surface area contributed by atoms with Crippen LogP contribution in [0.5, 0.6) is 0 Å². The van der Waals surface area contributed by atoms with Crippen molar-refractivity contribution in [3.05, 3.63) is 28.7 Å².